The highest BCUT2D eigenvalue weighted by molar-refractivity contribution is 5.80. The van der Waals surface area contributed by atoms with Crippen molar-refractivity contribution in [3.05, 3.63) is 18.0 Å². The van der Waals surface area contributed by atoms with Crippen molar-refractivity contribution in [1.82, 2.24) is 14.9 Å². The van der Waals surface area contributed by atoms with E-state index in [0.717, 1.165) is 47.9 Å². The van der Waals surface area contributed by atoms with Gasteiger partial charge in [-0.15, -0.1) is 0 Å². The van der Waals surface area contributed by atoms with Crippen LogP contribution < -0.4 is 14.8 Å². The summed E-state index contributed by atoms with van der Waals surface area (Å²) in [6.45, 7) is 5.48. The summed E-state index contributed by atoms with van der Waals surface area (Å²) in [5, 5.41) is 3.62. The van der Waals surface area contributed by atoms with Crippen LogP contribution in [0.15, 0.2) is 12.1 Å². The summed E-state index contributed by atoms with van der Waals surface area (Å²) < 4.78 is 13.7. The molecule has 5 nitrogen and oxygen atoms in total. The van der Waals surface area contributed by atoms with E-state index in [0.29, 0.717) is 19.3 Å². The van der Waals surface area contributed by atoms with E-state index in [1.54, 1.807) is 0 Å². The number of nitrogens with zero attached hydrogens (tertiary/aromatic N) is 2. The highest BCUT2D eigenvalue weighted by atomic mass is 16.6. The molecule has 0 amide bonds. The molecule has 0 saturated carbocycles. The van der Waals surface area contributed by atoms with Crippen LogP contribution in [-0.2, 0) is 6.54 Å². The number of ether oxygens (including phenoxy) is 2. The Kier molecular flexibility index (Phi) is 3.66. The first-order valence-corrected chi connectivity index (χ1v) is 8.31. The molecule has 2 aliphatic heterocycles. The minimum absolute atomic E-state index is 0.617. The van der Waals surface area contributed by atoms with Gasteiger partial charge in [0.25, 0.3) is 0 Å². The predicted octanol–water partition coefficient (Wildman–Crippen LogP) is 2.65. The number of piperidine rings is 1. The van der Waals surface area contributed by atoms with Crippen molar-refractivity contribution in [3.8, 4) is 11.5 Å². The molecule has 0 spiro atoms. The predicted molar refractivity (Wildman–Crippen MR) is 85.7 cm³/mol. The highest BCUT2D eigenvalue weighted by Gasteiger charge is 2.18. The van der Waals surface area contributed by atoms with Crippen molar-refractivity contribution in [1.29, 1.82) is 0 Å². The smallest absolute Gasteiger partial charge is 0.163 e. The van der Waals surface area contributed by atoms with Gasteiger partial charge in [-0.1, -0.05) is 6.42 Å². The lowest BCUT2D eigenvalue weighted by Crippen LogP contribution is -2.34. The van der Waals surface area contributed by atoms with Crippen molar-refractivity contribution in [2.75, 3.05) is 19.8 Å². The molecule has 1 aromatic carbocycles. The van der Waals surface area contributed by atoms with Gasteiger partial charge in [0.15, 0.2) is 11.5 Å². The molecule has 1 atom stereocenters. The van der Waals surface area contributed by atoms with Crippen LogP contribution in [0.3, 0.4) is 0 Å². The zero-order valence-electron chi connectivity index (χ0n) is 13.1. The summed E-state index contributed by atoms with van der Waals surface area (Å²) >= 11 is 0. The van der Waals surface area contributed by atoms with Crippen LogP contribution in [0, 0.1) is 6.92 Å². The van der Waals surface area contributed by atoms with Crippen LogP contribution >= 0.6 is 0 Å². The van der Waals surface area contributed by atoms with E-state index in [1.807, 2.05) is 6.07 Å². The average Bonchev–Trinajstić information content (AvgIpc) is 2.86. The molecule has 118 valence electrons. The Balaban J connectivity index is 1.60. The molecule has 1 saturated heterocycles. The number of fused-ring (bicyclic) bond motifs is 2. The Morgan fingerprint density at radius 2 is 2.05 bits per heavy atom. The normalized spacial score (nSPS) is 21.2. The molecular weight excluding hydrogens is 278 g/mol. The molecule has 1 aromatic heterocycles. The van der Waals surface area contributed by atoms with E-state index in [9.17, 15) is 0 Å². The summed E-state index contributed by atoms with van der Waals surface area (Å²) in [7, 11) is 0. The van der Waals surface area contributed by atoms with Gasteiger partial charge in [0.05, 0.1) is 11.0 Å². The molecule has 22 heavy (non-hydrogen) atoms. The standard InChI is InChI=1S/C17H23N3O2/c1-12-19-14-10-16-17(22-9-8-21-16)11-15(14)20(12)7-5-13-4-2-3-6-18-13/h10-11,13,18H,2-9H2,1H3. The first-order chi connectivity index (χ1) is 10.8. The number of nitrogens with one attached hydrogen (secondary N) is 1. The van der Waals surface area contributed by atoms with E-state index in [4.69, 9.17) is 14.5 Å². The van der Waals surface area contributed by atoms with Crippen LogP contribution in [0.4, 0.5) is 0 Å². The van der Waals surface area contributed by atoms with Crippen LogP contribution in [0.5, 0.6) is 11.5 Å². The number of imidazole rings is 1. The van der Waals surface area contributed by atoms with Crippen LogP contribution in [-0.4, -0.2) is 35.4 Å². The lowest BCUT2D eigenvalue weighted by molar-refractivity contribution is 0.172. The van der Waals surface area contributed by atoms with Crippen LogP contribution in [0.1, 0.15) is 31.5 Å². The third-order valence-electron chi connectivity index (χ3n) is 4.72. The Morgan fingerprint density at radius 3 is 2.82 bits per heavy atom. The van der Waals surface area contributed by atoms with Crippen molar-refractivity contribution >= 4 is 11.0 Å². The molecule has 1 unspecified atom stereocenters. The van der Waals surface area contributed by atoms with Gasteiger partial charge in [-0.25, -0.2) is 4.98 Å². The monoisotopic (exact) mass is 301 g/mol. The fraction of sp³-hybridized carbons (Fsp3) is 0.588. The number of aryl methyl sites for hydroxylation is 2. The van der Waals surface area contributed by atoms with E-state index >= 15 is 0 Å². The number of hydrogen-bond acceptors (Lipinski definition) is 4. The lowest BCUT2D eigenvalue weighted by atomic mass is 10.0. The molecule has 5 heteroatoms. The van der Waals surface area contributed by atoms with Gasteiger partial charge in [0.2, 0.25) is 0 Å². The largest absolute Gasteiger partial charge is 0.486 e. The van der Waals surface area contributed by atoms with Gasteiger partial charge in [-0.3, -0.25) is 0 Å². The second-order valence-corrected chi connectivity index (χ2v) is 6.23. The molecule has 0 bridgehead atoms. The zero-order chi connectivity index (χ0) is 14.9. The van der Waals surface area contributed by atoms with Crippen molar-refractivity contribution in [2.45, 2.75) is 45.2 Å². The summed E-state index contributed by atoms with van der Waals surface area (Å²) in [6.07, 6.45) is 5.10. The maximum absolute atomic E-state index is 5.71. The van der Waals surface area contributed by atoms with E-state index < -0.39 is 0 Å². The first kappa shape index (κ1) is 13.9. The van der Waals surface area contributed by atoms with E-state index in [2.05, 4.69) is 22.9 Å². The molecule has 2 aromatic rings. The Morgan fingerprint density at radius 1 is 1.23 bits per heavy atom. The quantitative estimate of drug-likeness (QED) is 0.947. The maximum Gasteiger partial charge on any atom is 0.163 e. The van der Waals surface area contributed by atoms with Gasteiger partial charge in [0.1, 0.15) is 19.0 Å². The highest BCUT2D eigenvalue weighted by Crippen LogP contribution is 2.34. The molecule has 3 heterocycles. The van der Waals surface area contributed by atoms with Gasteiger partial charge in [-0.05, 0) is 32.7 Å². The molecule has 4 rings (SSSR count). The number of rotatable bonds is 3. The Labute approximate surface area is 130 Å². The fourth-order valence-electron chi connectivity index (χ4n) is 3.52. The lowest BCUT2D eigenvalue weighted by Gasteiger charge is -2.24. The molecular formula is C17H23N3O2. The molecule has 1 fully saturated rings. The van der Waals surface area contributed by atoms with Crippen LogP contribution in [0.2, 0.25) is 0 Å². The summed E-state index contributed by atoms with van der Waals surface area (Å²) in [4.78, 5) is 4.69. The number of aromatic nitrogens is 2. The van der Waals surface area contributed by atoms with Gasteiger partial charge in [0, 0.05) is 24.7 Å². The molecule has 0 aliphatic carbocycles. The SMILES string of the molecule is Cc1nc2cc3c(cc2n1CCC1CCCCN1)OCCO3. The Hall–Kier alpha value is -1.75. The minimum Gasteiger partial charge on any atom is -0.486 e. The summed E-state index contributed by atoms with van der Waals surface area (Å²) in [5.41, 5.74) is 2.15. The minimum atomic E-state index is 0.617. The zero-order valence-corrected chi connectivity index (χ0v) is 13.1. The molecule has 1 N–H and O–H groups in total. The topological polar surface area (TPSA) is 48.3 Å². The van der Waals surface area contributed by atoms with Gasteiger partial charge in [-0.2, -0.15) is 0 Å². The van der Waals surface area contributed by atoms with Gasteiger partial charge < -0.3 is 19.4 Å². The second-order valence-electron chi connectivity index (χ2n) is 6.23. The number of hydrogen-bond donors (Lipinski definition) is 1. The van der Waals surface area contributed by atoms with Gasteiger partial charge >= 0.3 is 0 Å². The average molecular weight is 301 g/mol. The van der Waals surface area contributed by atoms with E-state index in [1.165, 1.54) is 19.3 Å². The third kappa shape index (κ3) is 2.54. The second kappa shape index (κ2) is 5.80. The van der Waals surface area contributed by atoms with Crippen molar-refractivity contribution in [2.24, 2.45) is 0 Å². The fourth-order valence-corrected chi connectivity index (χ4v) is 3.52. The first-order valence-electron chi connectivity index (χ1n) is 8.31. The summed E-state index contributed by atoms with van der Waals surface area (Å²) in [6, 6.07) is 4.73. The van der Waals surface area contributed by atoms with Crippen molar-refractivity contribution < 1.29 is 9.47 Å². The third-order valence-corrected chi connectivity index (χ3v) is 4.72. The Bertz CT molecular complexity index is 674. The molecule has 2 aliphatic rings. The van der Waals surface area contributed by atoms with Crippen molar-refractivity contribution in [3.63, 3.8) is 0 Å². The van der Waals surface area contributed by atoms with E-state index in [-0.39, 0.29) is 0 Å². The molecule has 0 radical (unpaired) electrons. The number of benzene rings is 1. The summed E-state index contributed by atoms with van der Waals surface area (Å²) in [5.74, 6) is 2.72. The maximum atomic E-state index is 5.71. The van der Waals surface area contributed by atoms with Crippen LogP contribution in [0.25, 0.3) is 11.0 Å².